The van der Waals surface area contributed by atoms with Gasteiger partial charge in [-0.05, 0) is 37.2 Å². The molecule has 0 N–H and O–H groups in total. The van der Waals surface area contributed by atoms with Gasteiger partial charge >= 0.3 is 18.9 Å². The number of nitrogens with zero attached hydrogens (tertiary/aromatic N) is 1. The second kappa shape index (κ2) is 9.85. The Kier molecular flexibility index (Phi) is 8.90. The van der Waals surface area contributed by atoms with E-state index in [9.17, 15) is 0 Å². The van der Waals surface area contributed by atoms with Gasteiger partial charge in [0.1, 0.15) is 0 Å². The van der Waals surface area contributed by atoms with Gasteiger partial charge in [0.15, 0.2) is 0 Å². The summed E-state index contributed by atoms with van der Waals surface area (Å²) in [4.78, 5) is 0. The van der Waals surface area contributed by atoms with Gasteiger partial charge in [-0.1, -0.05) is 120 Å². The summed E-state index contributed by atoms with van der Waals surface area (Å²) in [6, 6.07) is 15.6. The molecular weight excluding hydrogens is 352 g/mol. The summed E-state index contributed by atoms with van der Waals surface area (Å²) < 4.78 is 0. The zero-order chi connectivity index (χ0) is 20.4. The third kappa shape index (κ3) is 6.66. The molecule has 0 aliphatic heterocycles. The maximum absolute atomic E-state index is 5.35. The Balaban J connectivity index is 0.00000392. The Morgan fingerprint density at radius 1 is 0.821 bits per heavy atom. The van der Waals surface area contributed by atoms with Crippen molar-refractivity contribution in [2.75, 3.05) is 6.16 Å². The van der Waals surface area contributed by atoms with E-state index in [1.54, 1.807) is 0 Å². The fraction of sp³-hybridized carbons (Fsp3) is 0.520. The first-order valence-electron chi connectivity index (χ1n) is 10.0. The van der Waals surface area contributed by atoms with E-state index < -0.39 is 0 Å². The third-order valence-corrected chi connectivity index (χ3v) is 9.03. The topological polar surface area (TPSA) is 14.1 Å². The second-order valence-electron chi connectivity index (χ2n) is 9.76. The number of benzene rings is 2. The first kappa shape index (κ1) is 25.3. The molecule has 0 saturated carbocycles. The van der Waals surface area contributed by atoms with E-state index in [0.717, 1.165) is 6.16 Å². The molecule has 3 heteroatoms. The summed E-state index contributed by atoms with van der Waals surface area (Å²) in [7, 11) is -0.221. The molecule has 0 aliphatic carbocycles. The first-order chi connectivity index (χ1) is 12.4. The van der Waals surface area contributed by atoms with Crippen LogP contribution in [0.1, 0.15) is 69.8 Å². The molecule has 28 heavy (non-hydrogen) atoms. The first-order valence-corrected chi connectivity index (χ1v) is 11.5. The van der Waals surface area contributed by atoms with Crippen LogP contribution in [0.3, 0.4) is 0 Å². The molecule has 0 radical (unpaired) electrons. The van der Waals surface area contributed by atoms with Crippen LogP contribution in [0, 0.1) is 20.8 Å². The van der Waals surface area contributed by atoms with Crippen LogP contribution < -0.4 is 18.9 Å². The molecular formula is C25H37LiNP. The Labute approximate surface area is 187 Å². The number of aryl methyl sites for hydroxylation is 3. The summed E-state index contributed by atoms with van der Waals surface area (Å²) >= 11 is 0. The van der Waals surface area contributed by atoms with Crippen molar-refractivity contribution >= 4 is 13.6 Å². The van der Waals surface area contributed by atoms with E-state index in [1.165, 1.54) is 27.9 Å². The molecule has 0 aromatic heterocycles. The fourth-order valence-corrected chi connectivity index (χ4v) is 7.90. The van der Waals surface area contributed by atoms with Gasteiger partial charge in [-0.15, -0.1) is 5.69 Å². The molecule has 0 saturated heterocycles. The molecule has 0 heterocycles. The zero-order valence-electron chi connectivity index (χ0n) is 19.7. The van der Waals surface area contributed by atoms with E-state index >= 15 is 0 Å². The Morgan fingerprint density at radius 2 is 1.29 bits per heavy atom. The van der Waals surface area contributed by atoms with Gasteiger partial charge in [-0.3, -0.25) is 0 Å². The smallest absolute Gasteiger partial charge is 0.677 e. The Hall–Kier alpha value is -0.733. The van der Waals surface area contributed by atoms with Crippen molar-refractivity contribution in [3.63, 3.8) is 0 Å². The van der Waals surface area contributed by atoms with Crippen LogP contribution in [0.5, 0.6) is 0 Å². The minimum Gasteiger partial charge on any atom is -0.677 e. The summed E-state index contributed by atoms with van der Waals surface area (Å²) in [5.74, 6) is 0. The molecule has 1 atom stereocenters. The Bertz CT molecular complexity index is 719. The molecule has 2 aromatic carbocycles. The van der Waals surface area contributed by atoms with E-state index in [-0.39, 0.29) is 32.8 Å². The van der Waals surface area contributed by atoms with Gasteiger partial charge in [0.05, 0.1) is 0 Å². The third-order valence-electron chi connectivity index (χ3n) is 5.08. The molecule has 0 fully saturated rings. The van der Waals surface area contributed by atoms with Gasteiger partial charge in [0.25, 0.3) is 0 Å². The predicted octanol–water partition coefficient (Wildman–Crippen LogP) is 5.44. The van der Waals surface area contributed by atoms with Crippen molar-refractivity contribution in [2.24, 2.45) is 0 Å². The van der Waals surface area contributed by atoms with Crippen LogP contribution in [0.15, 0.2) is 42.5 Å². The SMILES string of the molecule is Cc1cc(C)c([N-]C(CP(C(C)(C)C)C(C)(C)C)c2ccccc2)c(C)c1.[Li+]. The van der Waals surface area contributed by atoms with Crippen LogP contribution in [0.4, 0.5) is 5.69 Å². The van der Waals surface area contributed by atoms with Crippen LogP contribution >= 0.6 is 7.92 Å². The summed E-state index contributed by atoms with van der Waals surface area (Å²) in [6.45, 7) is 20.9. The molecule has 1 unspecified atom stereocenters. The quantitative estimate of drug-likeness (QED) is 0.477. The minimum absolute atomic E-state index is 0. The molecule has 0 amide bonds. The molecule has 1 nitrogen and oxygen atoms in total. The van der Waals surface area contributed by atoms with Crippen LogP contribution in [-0.2, 0) is 0 Å². The normalized spacial score (nSPS) is 13.2. The number of hydrogen-bond donors (Lipinski definition) is 0. The predicted molar refractivity (Wildman–Crippen MR) is 124 cm³/mol. The molecule has 2 aromatic rings. The fourth-order valence-electron chi connectivity index (χ4n) is 4.15. The standard InChI is InChI=1S/C25H37NP.Li/c1-18-15-19(2)23(20(3)16-18)26-22(21-13-11-10-12-14-21)17-27(24(4,5)6)25(7,8)9;/h10-16,22H,17H2,1-9H3;/q-1;+1. The average molecular weight is 389 g/mol. The molecule has 0 spiro atoms. The van der Waals surface area contributed by atoms with Crippen LogP contribution in [-0.4, -0.2) is 16.5 Å². The number of rotatable bonds is 5. The van der Waals surface area contributed by atoms with Gasteiger partial charge in [-0.2, -0.15) is 0 Å². The summed E-state index contributed by atoms with van der Waals surface area (Å²) in [5.41, 5.74) is 6.38. The largest absolute Gasteiger partial charge is 1.00 e. The number of hydrogen-bond acceptors (Lipinski definition) is 0. The minimum atomic E-state index is -0.221. The van der Waals surface area contributed by atoms with Gasteiger partial charge in [0.2, 0.25) is 0 Å². The van der Waals surface area contributed by atoms with E-state index in [2.05, 4.69) is 105 Å². The second-order valence-corrected chi connectivity index (χ2v) is 13.7. The zero-order valence-corrected chi connectivity index (χ0v) is 20.6. The monoisotopic (exact) mass is 389 g/mol. The van der Waals surface area contributed by atoms with Gasteiger partial charge < -0.3 is 5.32 Å². The van der Waals surface area contributed by atoms with Crippen LogP contribution in [0.2, 0.25) is 0 Å². The van der Waals surface area contributed by atoms with E-state index in [0.29, 0.717) is 10.3 Å². The molecule has 0 bridgehead atoms. The van der Waals surface area contributed by atoms with E-state index in [1.807, 2.05) is 0 Å². The van der Waals surface area contributed by atoms with Gasteiger partial charge in [-0.25, -0.2) is 0 Å². The van der Waals surface area contributed by atoms with Crippen molar-refractivity contribution in [1.29, 1.82) is 0 Å². The molecule has 0 aliphatic rings. The molecule has 148 valence electrons. The average Bonchev–Trinajstić information content (AvgIpc) is 2.51. The van der Waals surface area contributed by atoms with Gasteiger partial charge in [0, 0.05) is 0 Å². The molecule has 2 rings (SSSR count). The summed E-state index contributed by atoms with van der Waals surface area (Å²) in [5, 5.41) is 5.95. The Morgan fingerprint density at radius 3 is 1.71 bits per heavy atom. The van der Waals surface area contributed by atoms with Crippen molar-refractivity contribution in [2.45, 2.75) is 78.7 Å². The maximum Gasteiger partial charge on any atom is 1.00 e. The van der Waals surface area contributed by atoms with E-state index in [4.69, 9.17) is 5.32 Å². The van der Waals surface area contributed by atoms with Crippen molar-refractivity contribution < 1.29 is 18.9 Å². The van der Waals surface area contributed by atoms with Crippen LogP contribution in [0.25, 0.3) is 5.32 Å². The van der Waals surface area contributed by atoms with Crippen molar-refractivity contribution in [3.8, 4) is 0 Å². The van der Waals surface area contributed by atoms with Crippen molar-refractivity contribution in [1.82, 2.24) is 0 Å². The maximum atomic E-state index is 5.35. The summed E-state index contributed by atoms with van der Waals surface area (Å²) in [6.07, 6.45) is 1.12. The van der Waals surface area contributed by atoms with Crippen molar-refractivity contribution in [3.05, 3.63) is 70.0 Å².